The molecule has 100 valence electrons. The van der Waals surface area contributed by atoms with E-state index in [4.69, 9.17) is 4.74 Å². The molecule has 0 bridgehead atoms. The van der Waals surface area contributed by atoms with Crippen LogP contribution >= 0.6 is 0 Å². The van der Waals surface area contributed by atoms with E-state index in [0.717, 1.165) is 38.2 Å². The maximum Gasteiger partial charge on any atom is 0.145 e. The molecule has 2 heterocycles. The molecule has 1 aliphatic heterocycles. The first-order chi connectivity index (χ1) is 8.90. The first-order valence-electron chi connectivity index (χ1n) is 7.02. The molecule has 1 N–H and O–H groups in total. The Balaban J connectivity index is 1.87. The normalized spacial score (nSPS) is 21.1. The molecule has 1 aromatic heterocycles. The van der Waals surface area contributed by atoms with Crippen molar-refractivity contribution in [1.82, 2.24) is 15.3 Å². The molecule has 4 nitrogen and oxygen atoms in total. The Kier molecular flexibility index (Phi) is 5.55. The van der Waals surface area contributed by atoms with Crippen molar-refractivity contribution in [3.8, 4) is 0 Å². The van der Waals surface area contributed by atoms with Gasteiger partial charge >= 0.3 is 0 Å². The van der Waals surface area contributed by atoms with Gasteiger partial charge in [0.1, 0.15) is 5.82 Å². The lowest BCUT2D eigenvalue weighted by Crippen LogP contribution is -2.25. The standard InChI is InChI=1S/C14H23N3O/c1-2-8-15-13(14-16-9-4-10-17-14)7-6-12-5-3-11-18-12/h4,9-10,12-13,15H,2-3,5-8,11H2,1H3. The van der Waals surface area contributed by atoms with E-state index in [-0.39, 0.29) is 6.04 Å². The van der Waals surface area contributed by atoms with Crippen molar-refractivity contribution in [2.24, 2.45) is 0 Å². The van der Waals surface area contributed by atoms with E-state index in [0.29, 0.717) is 6.10 Å². The molecule has 0 radical (unpaired) electrons. The molecule has 2 rings (SSSR count). The second-order valence-corrected chi connectivity index (χ2v) is 4.83. The minimum Gasteiger partial charge on any atom is -0.378 e. The predicted molar refractivity (Wildman–Crippen MR) is 71.3 cm³/mol. The third kappa shape index (κ3) is 4.03. The monoisotopic (exact) mass is 249 g/mol. The van der Waals surface area contributed by atoms with Gasteiger partial charge in [-0.25, -0.2) is 9.97 Å². The molecule has 18 heavy (non-hydrogen) atoms. The highest BCUT2D eigenvalue weighted by Gasteiger charge is 2.19. The van der Waals surface area contributed by atoms with Crippen LogP contribution in [0.4, 0.5) is 0 Å². The summed E-state index contributed by atoms with van der Waals surface area (Å²) < 4.78 is 5.68. The lowest BCUT2D eigenvalue weighted by atomic mass is 10.1. The van der Waals surface area contributed by atoms with Gasteiger partial charge in [-0.2, -0.15) is 0 Å². The minimum atomic E-state index is 0.260. The van der Waals surface area contributed by atoms with Gasteiger partial charge in [0.05, 0.1) is 12.1 Å². The van der Waals surface area contributed by atoms with Crippen LogP contribution in [-0.2, 0) is 4.74 Å². The van der Waals surface area contributed by atoms with Crippen LogP contribution in [0.25, 0.3) is 0 Å². The third-order valence-corrected chi connectivity index (χ3v) is 3.34. The molecule has 0 saturated carbocycles. The summed E-state index contributed by atoms with van der Waals surface area (Å²) in [5.41, 5.74) is 0. The lowest BCUT2D eigenvalue weighted by Gasteiger charge is -2.18. The van der Waals surface area contributed by atoms with Crippen molar-refractivity contribution < 1.29 is 4.74 Å². The van der Waals surface area contributed by atoms with Gasteiger partial charge in [0.2, 0.25) is 0 Å². The number of aromatic nitrogens is 2. The Bertz CT molecular complexity index is 325. The molecular formula is C14H23N3O. The fraction of sp³-hybridized carbons (Fsp3) is 0.714. The van der Waals surface area contributed by atoms with E-state index in [2.05, 4.69) is 22.2 Å². The van der Waals surface area contributed by atoms with Gasteiger partial charge in [-0.05, 0) is 44.7 Å². The van der Waals surface area contributed by atoms with Crippen LogP contribution in [0.1, 0.15) is 50.9 Å². The summed E-state index contributed by atoms with van der Waals surface area (Å²) in [6, 6.07) is 2.12. The third-order valence-electron chi connectivity index (χ3n) is 3.34. The molecule has 4 heteroatoms. The molecule has 2 unspecified atom stereocenters. The van der Waals surface area contributed by atoms with Crippen molar-refractivity contribution in [2.75, 3.05) is 13.2 Å². The van der Waals surface area contributed by atoms with Crippen LogP contribution in [0.15, 0.2) is 18.5 Å². The number of nitrogens with zero attached hydrogens (tertiary/aromatic N) is 2. The Morgan fingerprint density at radius 1 is 1.44 bits per heavy atom. The summed E-state index contributed by atoms with van der Waals surface area (Å²) in [5, 5.41) is 3.53. The highest BCUT2D eigenvalue weighted by molar-refractivity contribution is 4.96. The number of hydrogen-bond donors (Lipinski definition) is 1. The van der Waals surface area contributed by atoms with E-state index >= 15 is 0 Å². The fourth-order valence-electron chi connectivity index (χ4n) is 2.36. The zero-order chi connectivity index (χ0) is 12.6. The molecule has 0 aliphatic carbocycles. The first kappa shape index (κ1) is 13.4. The summed E-state index contributed by atoms with van der Waals surface area (Å²) in [4.78, 5) is 8.73. The van der Waals surface area contributed by atoms with Gasteiger partial charge < -0.3 is 10.1 Å². The quantitative estimate of drug-likeness (QED) is 0.806. The summed E-state index contributed by atoms with van der Waals surface area (Å²) >= 11 is 0. The average Bonchev–Trinajstić information content (AvgIpc) is 2.93. The predicted octanol–water partition coefficient (Wildman–Crippen LogP) is 2.48. The van der Waals surface area contributed by atoms with Gasteiger partial charge in [0, 0.05) is 19.0 Å². The summed E-state index contributed by atoms with van der Waals surface area (Å²) in [5.74, 6) is 0.906. The largest absolute Gasteiger partial charge is 0.378 e. The van der Waals surface area contributed by atoms with E-state index in [1.165, 1.54) is 12.8 Å². The molecule has 1 fully saturated rings. The second kappa shape index (κ2) is 7.44. The van der Waals surface area contributed by atoms with Gasteiger partial charge in [-0.1, -0.05) is 6.92 Å². The van der Waals surface area contributed by atoms with Gasteiger partial charge in [0.15, 0.2) is 0 Å². The average molecular weight is 249 g/mol. The molecular weight excluding hydrogens is 226 g/mol. The highest BCUT2D eigenvalue weighted by atomic mass is 16.5. The van der Waals surface area contributed by atoms with E-state index in [9.17, 15) is 0 Å². The molecule has 0 spiro atoms. The van der Waals surface area contributed by atoms with Crippen molar-refractivity contribution in [3.05, 3.63) is 24.3 Å². The Hall–Kier alpha value is -1.00. The maximum absolute atomic E-state index is 5.68. The van der Waals surface area contributed by atoms with Crippen molar-refractivity contribution in [2.45, 2.75) is 51.2 Å². The van der Waals surface area contributed by atoms with Gasteiger partial charge in [-0.3, -0.25) is 0 Å². The zero-order valence-corrected chi connectivity index (χ0v) is 11.1. The van der Waals surface area contributed by atoms with Crippen LogP contribution in [-0.4, -0.2) is 29.2 Å². The van der Waals surface area contributed by atoms with Crippen molar-refractivity contribution in [3.63, 3.8) is 0 Å². The summed E-state index contributed by atoms with van der Waals surface area (Å²) in [7, 11) is 0. The van der Waals surface area contributed by atoms with Crippen molar-refractivity contribution >= 4 is 0 Å². The second-order valence-electron chi connectivity index (χ2n) is 4.83. The highest BCUT2D eigenvalue weighted by Crippen LogP contribution is 2.22. The van der Waals surface area contributed by atoms with E-state index < -0.39 is 0 Å². The van der Waals surface area contributed by atoms with Crippen LogP contribution in [0.5, 0.6) is 0 Å². The fourth-order valence-corrected chi connectivity index (χ4v) is 2.36. The Morgan fingerprint density at radius 3 is 2.94 bits per heavy atom. The van der Waals surface area contributed by atoms with Crippen molar-refractivity contribution in [1.29, 1.82) is 0 Å². The van der Waals surface area contributed by atoms with Gasteiger partial charge in [0.25, 0.3) is 0 Å². The molecule has 0 amide bonds. The van der Waals surface area contributed by atoms with E-state index in [1.807, 2.05) is 18.5 Å². The van der Waals surface area contributed by atoms with Crippen LogP contribution in [0, 0.1) is 0 Å². The van der Waals surface area contributed by atoms with Crippen LogP contribution in [0.3, 0.4) is 0 Å². The van der Waals surface area contributed by atoms with Crippen LogP contribution < -0.4 is 5.32 Å². The smallest absolute Gasteiger partial charge is 0.145 e. The number of hydrogen-bond acceptors (Lipinski definition) is 4. The van der Waals surface area contributed by atoms with Crippen LogP contribution in [0.2, 0.25) is 0 Å². The molecule has 2 atom stereocenters. The SMILES string of the molecule is CCCNC(CCC1CCCO1)c1ncccn1. The number of nitrogens with one attached hydrogen (secondary N) is 1. The zero-order valence-electron chi connectivity index (χ0n) is 11.1. The van der Waals surface area contributed by atoms with E-state index in [1.54, 1.807) is 0 Å². The molecule has 1 aromatic rings. The molecule has 1 aliphatic rings. The Morgan fingerprint density at radius 2 is 2.28 bits per heavy atom. The molecule has 0 aromatic carbocycles. The number of rotatable bonds is 7. The minimum absolute atomic E-state index is 0.260. The number of ether oxygens (including phenoxy) is 1. The summed E-state index contributed by atoms with van der Waals surface area (Å²) in [6.07, 6.45) is 9.76. The first-order valence-corrected chi connectivity index (χ1v) is 7.02. The topological polar surface area (TPSA) is 47.0 Å². The maximum atomic E-state index is 5.68. The van der Waals surface area contributed by atoms with Gasteiger partial charge in [-0.15, -0.1) is 0 Å². The lowest BCUT2D eigenvalue weighted by molar-refractivity contribution is 0.0993. The molecule has 1 saturated heterocycles. The Labute approximate surface area is 109 Å². The summed E-state index contributed by atoms with van der Waals surface area (Å²) in [6.45, 7) is 4.12.